The number of methoxy groups -OCH3 is 1. The third-order valence-corrected chi connectivity index (χ3v) is 3.86. The number of nitrogens with one attached hydrogen (secondary N) is 1. The van der Waals surface area contributed by atoms with Gasteiger partial charge in [-0.2, -0.15) is 0 Å². The highest BCUT2D eigenvalue weighted by Crippen LogP contribution is 2.34. The minimum atomic E-state index is 0.401. The Labute approximate surface area is 105 Å². The smallest absolute Gasteiger partial charge is 0.0580 e. The van der Waals surface area contributed by atoms with Crippen LogP contribution in [0.2, 0.25) is 0 Å². The van der Waals surface area contributed by atoms with E-state index < -0.39 is 0 Å². The van der Waals surface area contributed by atoms with Gasteiger partial charge in [0.15, 0.2) is 0 Å². The molecule has 2 atom stereocenters. The van der Waals surface area contributed by atoms with Gasteiger partial charge < -0.3 is 9.47 Å². The number of rotatable bonds is 9. The average Bonchev–Trinajstić information content (AvgIpc) is 2.29. The molecule has 0 aliphatic heterocycles. The first kappa shape index (κ1) is 14.9. The van der Waals surface area contributed by atoms with Crippen molar-refractivity contribution < 1.29 is 9.47 Å². The molecule has 0 aromatic rings. The Kier molecular flexibility index (Phi) is 7.04. The van der Waals surface area contributed by atoms with Crippen LogP contribution in [0.5, 0.6) is 0 Å². The topological polar surface area (TPSA) is 56.5 Å². The van der Waals surface area contributed by atoms with Crippen LogP contribution in [0.4, 0.5) is 0 Å². The Balaban J connectivity index is 2.19. The predicted octanol–water partition coefficient (Wildman–Crippen LogP) is 1.70. The van der Waals surface area contributed by atoms with Crippen LogP contribution in [0, 0.1) is 11.8 Å². The summed E-state index contributed by atoms with van der Waals surface area (Å²) in [4.78, 5) is 0. The Morgan fingerprint density at radius 2 is 2.12 bits per heavy atom. The van der Waals surface area contributed by atoms with Crippen molar-refractivity contribution >= 4 is 0 Å². The molecule has 4 heteroatoms. The highest BCUT2D eigenvalue weighted by molar-refractivity contribution is 4.85. The molecule has 102 valence electrons. The molecule has 1 rings (SSSR count). The van der Waals surface area contributed by atoms with Gasteiger partial charge in [-0.05, 0) is 44.4 Å². The lowest BCUT2D eigenvalue weighted by molar-refractivity contribution is -0.0309. The van der Waals surface area contributed by atoms with E-state index in [2.05, 4.69) is 19.3 Å². The van der Waals surface area contributed by atoms with E-state index >= 15 is 0 Å². The van der Waals surface area contributed by atoms with Crippen molar-refractivity contribution in [3.63, 3.8) is 0 Å². The average molecular weight is 244 g/mol. The molecule has 1 saturated carbocycles. The van der Waals surface area contributed by atoms with Gasteiger partial charge in [-0.1, -0.05) is 6.92 Å². The summed E-state index contributed by atoms with van der Waals surface area (Å²) < 4.78 is 10.7. The quantitative estimate of drug-likeness (QED) is 0.479. The summed E-state index contributed by atoms with van der Waals surface area (Å²) in [6.07, 6.45) is 5.11. The molecular formula is C13H28N2O2. The molecule has 1 aliphatic carbocycles. The van der Waals surface area contributed by atoms with Crippen molar-refractivity contribution in [2.75, 3.05) is 20.3 Å². The molecular weight excluding hydrogens is 216 g/mol. The molecule has 0 aromatic heterocycles. The molecule has 0 bridgehead atoms. The van der Waals surface area contributed by atoms with Crippen LogP contribution in [0.1, 0.15) is 39.5 Å². The zero-order valence-corrected chi connectivity index (χ0v) is 11.4. The molecule has 0 spiro atoms. The van der Waals surface area contributed by atoms with Gasteiger partial charge in [0.25, 0.3) is 0 Å². The molecule has 0 amide bonds. The fourth-order valence-electron chi connectivity index (χ4n) is 2.57. The highest BCUT2D eigenvalue weighted by Gasteiger charge is 2.32. The number of nitrogens with two attached hydrogens (primary N) is 1. The molecule has 0 heterocycles. The predicted molar refractivity (Wildman–Crippen MR) is 69.5 cm³/mol. The number of hydrogen-bond acceptors (Lipinski definition) is 4. The summed E-state index contributed by atoms with van der Waals surface area (Å²) >= 11 is 0. The SMILES string of the molecule is CCOC1CC(CC(NN)C(C)CCOC)C1. The van der Waals surface area contributed by atoms with Crippen LogP contribution in [-0.4, -0.2) is 32.5 Å². The fourth-order valence-corrected chi connectivity index (χ4v) is 2.57. The third-order valence-electron chi connectivity index (χ3n) is 3.86. The van der Waals surface area contributed by atoms with Gasteiger partial charge in [0.05, 0.1) is 6.10 Å². The van der Waals surface area contributed by atoms with E-state index in [4.69, 9.17) is 15.3 Å². The Bertz CT molecular complexity index is 196. The monoisotopic (exact) mass is 244 g/mol. The fraction of sp³-hybridized carbons (Fsp3) is 1.00. The summed E-state index contributed by atoms with van der Waals surface area (Å²) in [6, 6.07) is 0.401. The zero-order valence-electron chi connectivity index (χ0n) is 11.4. The summed E-state index contributed by atoms with van der Waals surface area (Å²) in [6.45, 7) is 5.94. The largest absolute Gasteiger partial charge is 0.385 e. The minimum Gasteiger partial charge on any atom is -0.385 e. The van der Waals surface area contributed by atoms with Gasteiger partial charge in [0, 0.05) is 26.4 Å². The Morgan fingerprint density at radius 1 is 1.41 bits per heavy atom. The van der Waals surface area contributed by atoms with Crippen LogP contribution in [0.25, 0.3) is 0 Å². The van der Waals surface area contributed by atoms with Gasteiger partial charge in [0.2, 0.25) is 0 Å². The lowest BCUT2D eigenvalue weighted by Gasteiger charge is -2.38. The molecule has 0 aromatic carbocycles. The standard InChI is InChI=1S/C13H28N2O2/c1-4-17-12-7-11(8-12)9-13(15-14)10(2)5-6-16-3/h10-13,15H,4-9,14H2,1-3H3. The molecule has 17 heavy (non-hydrogen) atoms. The van der Waals surface area contributed by atoms with E-state index in [1.807, 2.05) is 0 Å². The van der Waals surface area contributed by atoms with Gasteiger partial charge >= 0.3 is 0 Å². The maximum absolute atomic E-state index is 5.64. The molecule has 0 saturated heterocycles. The van der Waals surface area contributed by atoms with E-state index in [9.17, 15) is 0 Å². The minimum absolute atomic E-state index is 0.401. The van der Waals surface area contributed by atoms with Crippen molar-refractivity contribution in [2.24, 2.45) is 17.7 Å². The van der Waals surface area contributed by atoms with E-state index in [0.29, 0.717) is 18.1 Å². The Hall–Kier alpha value is -0.160. The first-order valence-electron chi connectivity index (χ1n) is 6.77. The van der Waals surface area contributed by atoms with Crippen molar-refractivity contribution in [2.45, 2.75) is 51.7 Å². The number of hydrazine groups is 1. The van der Waals surface area contributed by atoms with E-state index in [-0.39, 0.29) is 0 Å². The van der Waals surface area contributed by atoms with Crippen LogP contribution in [0.3, 0.4) is 0 Å². The van der Waals surface area contributed by atoms with Crippen LogP contribution in [-0.2, 0) is 9.47 Å². The second-order valence-corrected chi connectivity index (χ2v) is 5.18. The highest BCUT2D eigenvalue weighted by atomic mass is 16.5. The second kappa shape index (κ2) is 8.03. The summed E-state index contributed by atoms with van der Waals surface area (Å²) in [5.41, 5.74) is 2.96. The lowest BCUT2D eigenvalue weighted by Crippen LogP contribution is -2.44. The normalized spacial score (nSPS) is 27.5. The maximum Gasteiger partial charge on any atom is 0.0580 e. The van der Waals surface area contributed by atoms with Gasteiger partial charge in [0.1, 0.15) is 0 Å². The molecule has 0 radical (unpaired) electrons. The summed E-state index contributed by atoms with van der Waals surface area (Å²) in [7, 11) is 1.75. The van der Waals surface area contributed by atoms with Gasteiger partial charge in [-0.3, -0.25) is 11.3 Å². The summed E-state index contributed by atoms with van der Waals surface area (Å²) in [5, 5.41) is 0. The van der Waals surface area contributed by atoms with Crippen molar-refractivity contribution in [1.29, 1.82) is 0 Å². The van der Waals surface area contributed by atoms with Crippen molar-refractivity contribution in [3.05, 3.63) is 0 Å². The lowest BCUT2D eigenvalue weighted by atomic mass is 9.76. The maximum atomic E-state index is 5.64. The van der Waals surface area contributed by atoms with Crippen LogP contribution in [0.15, 0.2) is 0 Å². The zero-order chi connectivity index (χ0) is 12.7. The number of hydrogen-bond donors (Lipinski definition) is 2. The van der Waals surface area contributed by atoms with E-state index in [1.165, 1.54) is 12.8 Å². The molecule has 1 aliphatic rings. The first-order valence-corrected chi connectivity index (χ1v) is 6.77. The number of ether oxygens (including phenoxy) is 2. The van der Waals surface area contributed by atoms with Gasteiger partial charge in [-0.15, -0.1) is 0 Å². The summed E-state index contributed by atoms with van der Waals surface area (Å²) in [5.74, 6) is 6.98. The third kappa shape index (κ3) is 4.92. The van der Waals surface area contributed by atoms with E-state index in [0.717, 1.165) is 32.0 Å². The van der Waals surface area contributed by atoms with Crippen molar-refractivity contribution in [1.82, 2.24) is 5.43 Å². The van der Waals surface area contributed by atoms with Crippen LogP contribution >= 0.6 is 0 Å². The Morgan fingerprint density at radius 3 is 2.65 bits per heavy atom. The molecule has 3 N–H and O–H groups in total. The van der Waals surface area contributed by atoms with Crippen LogP contribution < -0.4 is 11.3 Å². The molecule has 4 nitrogen and oxygen atoms in total. The molecule has 2 unspecified atom stereocenters. The van der Waals surface area contributed by atoms with Crippen molar-refractivity contribution in [3.8, 4) is 0 Å². The first-order chi connectivity index (χ1) is 8.21. The van der Waals surface area contributed by atoms with E-state index in [1.54, 1.807) is 7.11 Å². The van der Waals surface area contributed by atoms with Gasteiger partial charge in [-0.25, -0.2) is 0 Å². The second-order valence-electron chi connectivity index (χ2n) is 5.18. The molecule has 1 fully saturated rings.